The lowest BCUT2D eigenvalue weighted by Gasteiger charge is -1.92. The van der Waals surface area contributed by atoms with Gasteiger partial charge in [-0.2, -0.15) is 0 Å². The molecule has 61 valence electrons. The fourth-order valence-corrected chi connectivity index (χ4v) is 1.71. The second kappa shape index (κ2) is 5.65. The molecule has 0 unspecified atom stereocenters. The van der Waals surface area contributed by atoms with Gasteiger partial charge in [-0.25, -0.2) is 0 Å². The van der Waals surface area contributed by atoms with E-state index in [0.717, 1.165) is 6.42 Å². The molecule has 0 spiro atoms. The van der Waals surface area contributed by atoms with Crippen molar-refractivity contribution in [2.45, 2.75) is 19.8 Å². The summed E-state index contributed by atoms with van der Waals surface area (Å²) in [5, 5.41) is 0. The summed E-state index contributed by atoms with van der Waals surface area (Å²) in [5.74, 6) is 0. The van der Waals surface area contributed by atoms with Crippen molar-refractivity contribution in [2.24, 2.45) is 0 Å². The smallest absolute Gasteiger partial charge is 0.891 e. The molecular weight excluding hydrogens is 175 g/mol. The van der Waals surface area contributed by atoms with E-state index in [0.29, 0.717) is 0 Å². The van der Waals surface area contributed by atoms with Gasteiger partial charge in [0.15, 0.2) is 6.33 Å². The number of hydrogen-bond donors (Lipinski definition) is 0. The molecule has 0 N–H and O–H groups in total. The van der Waals surface area contributed by atoms with E-state index in [1.54, 1.807) is 0 Å². The van der Waals surface area contributed by atoms with Gasteiger partial charge in [0.05, 0.1) is 12.4 Å². The van der Waals surface area contributed by atoms with E-state index < -0.39 is 0 Å². The number of halogens is 1. The van der Waals surface area contributed by atoms with Crippen LogP contribution in [0.2, 0.25) is 0 Å². The zero-order valence-electron chi connectivity index (χ0n) is 6.83. The van der Waals surface area contributed by atoms with Crippen molar-refractivity contribution in [1.29, 1.82) is 0 Å². The van der Waals surface area contributed by atoms with Gasteiger partial charge in [0.25, 0.3) is 0 Å². The first-order valence-electron chi connectivity index (χ1n) is 3.71. The first-order chi connectivity index (χ1) is 4.86. The van der Waals surface area contributed by atoms with Gasteiger partial charge in [-0.05, 0) is 0 Å². The second-order valence-electron chi connectivity index (χ2n) is 2.44. The van der Waals surface area contributed by atoms with E-state index >= 15 is 0 Å². The van der Waals surface area contributed by atoms with Gasteiger partial charge in [0.2, 0.25) is 0 Å². The molecule has 2 aliphatic heterocycles. The summed E-state index contributed by atoms with van der Waals surface area (Å²) in [6.07, 6.45) is 8.63. The van der Waals surface area contributed by atoms with Crippen LogP contribution in [0.25, 0.3) is 0 Å². The van der Waals surface area contributed by atoms with Crippen LogP contribution >= 0.6 is 0 Å². The number of nitrogens with zero attached hydrogens (tertiary/aromatic N) is 2. The Balaban J connectivity index is 0.000000183. The molecule has 4 heteroatoms. The quantitative estimate of drug-likeness (QED) is 0.433. The maximum absolute atomic E-state index is 3.60. The van der Waals surface area contributed by atoms with Crippen LogP contribution in [0.1, 0.15) is 19.8 Å². The number of fused-ring (bicyclic) bond motifs is 1. The fraction of sp³-hybridized carbons (Fsp3) is 0.429. The van der Waals surface area contributed by atoms with Crippen LogP contribution in [0.5, 0.6) is 0 Å². The molecule has 0 saturated carbocycles. The molecular formula is C7H13AlClN2. The van der Waals surface area contributed by atoms with Crippen LogP contribution in [0.15, 0.2) is 18.7 Å². The Morgan fingerprint density at radius 2 is 2.18 bits per heavy atom. The maximum atomic E-state index is 3.60. The Kier molecular flexibility index (Phi) is 5.67. The maximum Gasteiger partial charge on any atom is 0.891 e. The van der Waals surface area contributed by atoms with Gasteiger partial charge in [-0.15, -0.1) is 0 Å². The summed E-state index contributed by atoms with van der Waals surface area (Å²) in [6.45, 7) is 5.72. The van der Waals surface area contributed by atoms with Crippen molar-refractivity contribution in [3.05, 3.63) is 25.6 Å². The van der Waals surface area contributed by atoms with E-state index in [1.807, 2.05) is 0 Å². The molecule has 0 saturated heterocycles. The lowest BCUT2D eigenvalue weighted by molar-refractivity contribution is -0.546. The van der Waals surface area contributed by atoms with Crippen LogP contribution in [0, 0.1) is 6.92 Å². The highest BCUT2D eigenvalue weighted by Gasteiger charge is 2.26. The highest BCUT2D eigenvalue weighted by molar-refractivity contribution is 6.24. The predicted octanol–water partition coefficient (Wildman–Crippen LogP) is -2.62. The molecule has 1 aromatic rings. The molecule has 0 fully saturated rings. The Labute approximate surface area is 80.8 Å². The number of hydrogen-bond acceptors (Lipinski definition) is 0. The van der Waals surface area contributed by atoms with Gasteiger partial charge in [-0.3, -0.25) is 0 Å². The lowest BCUT2D eigenvalue weighted by Crippen LogP contribution is -3.00. The largest absolute Gasteiger partial charge is 1.00 e. The molecule has 2 aliphatic rings. The lowest BCUT2D eigenvalue weighted by atomic mass is 10.4. The second-order valence-corrected chi connectivity index (χ2v) is 4.18. The molecule has 2 bridgehead atoms. The summed E-state index contributed by atoms with van der Waals surface area (Å²) < 4.78 is 4.53. The summed E-state index contributed by atoms with van der Waals surface area (Å²) in [6, 6.07) is 0. The average molecular weight is 188 g/mol. The normalized spacial score (nSPS) is 9.64. The Hall–Kier alpha value is 0.0325. The standard InChI is InChI=1S/C4H9.C3H3N2.Al.ClH.H/c1-3-4-2;1-2-5-3-4-1;;;/h1,3-4H2,2H3;1-3H;;1H;/q;-1;+2;;/p-1. The third-order valence-corrected chi connectivity index (χ3v) is 2.83. The highest BCUT2D eigenvalue weighted by Crippen LogP contribution is 1.83. The first-order valence-corrected chi connectivity index (χ1v) is 4.97. The van der Waals surface area contributed by atoms with E-state index in [9.17, 15) is 0 Å². The minimum absolute atomic E-state index is 0. The van der Waals surface area contributed by atoms with Crippen molar-refractivity contribution >= 4 is 15.7 Å². The SMILES string of the molecule is [CH2]CCC.[Cl-].c1c[n+]2c[n]1[AlH]2. The molecule has 3 rings (SSSR count). The highest BCUT2D eigenvalue weighted by atomic mass is 35.5. The van der Waals surface area contributed by atoms with Crippen LogP contribution < -0.4 is 16.0 Å². The minimum atomic E-state index is 0. The average Bonchev–Trinajstić information content (AvgIpc) is 2.45. The molecule has 0 aromatic carbocycles. The number of aromatic nitrogens is 2. The van der Waals surface area contributed by atoms with Crippen molar-refractivity contribution in [1.82, 2.24) is 3.55 Å². The predicted molar refractivity (Wildman–Crippen MR) is 42.8 cm³/mol. The van der Waals surface area contributed by atoms with Crippen LogP contribution in [0.4, 0.5) is 0 Å². The van der Waals surface area contributed by atoms with Crippen LogP contribution in [-0.2, 0) is 0 Å². The molecule has 1 aromatic heterocycles. The van der Waals surface area contributed by atoms with E-state index in [4.69, 9.17) is 0 Å². The summed E-state index contributed by atoms with van der Waals surface area (Å²) in [7, 11) is 0. The van der Waals surface area contributed by atoms with Crippen molar-refractivity contribution in [2.75, 3.05) is 0 Å². The Morgan fingerprint density at radius 1 is 1.64 bits per heavy atom. The number of imidazole rings is 1. The van der Waals surface area contributed by atoms with Gasteiger partial charge in [0.1, 0.15) is 0 Å². The van der Waals surface area contributed by atoms with E-state index in [-0.39, 0.29) is 28.1 Å². The van der Waals surface area contributed by atoms with E-state index in [2.05, 4.69) is 39.7 Å². The van der Waals surface area contributed by atoms with Crippen LogP contribution in [0.3, 0.4) is 0 Å². The number of rotatable bonds is 1. The molecule has 2 nitrogen and oxygen atoms in total. The summed E-state index contributed by atoms with van der Waals surface area (Å²) in [4.78, 5) is 0. The third kappa shape index (κ3) is 3.29. The first kappa shape index (κ1) is 11.0. The molecule has 1 radical (unpaired) electrons. The molecule has 0 atom stereocenters. The van der Waals surface area contributed by atoms with Gasteiger partial charge in [-0.1, -0.05) is 26.7 Å². The zero-order valence-corrected chi connectivity index (χ0v) is 9.00. The van der Waals surface area contributed by atoms with Crippen LogP contribution in [-0.4, -0.2) is 19.2 Å². The van der Waals surface area contributed by atoms with Gasteiger partial charge < -0.3 is 19.5 Å². The Bertz CT molecular complexity index is 174. The van der Waals surface area contributed by atoms with Crippen molar-refractivity contribution in [3.8, 4) is 0 Å². The van der Waals surface area contributed by atoms with Crippen molar-refractivity contribution in [3.63, 3.8) is 0 Å². The molecule has 0 amide bonds. The van der Waals surface area contributed by atoms with E-state index in [1.165, 1.54) is 6.42 Å². The zero-order chi connectivity index (χ0) is 7.40. The molecule has 11 heavy (non-hydrogen) atoms. The monoisotopic (exact) mass is 187 g/mol. The summed E-state index contributed by atoms with van der Waals surface area (Å²) >= 11 is 0.0648. The number of unbranched alkanes of at least 4 members (excludes halogenated alkanes) is 1. The topological polar surface area (TPSA) is 8.81 Å². The molecule has 0 aliphatic carbocycles. The molecule has 3 heterocycles. The fourth-order valence-electron chi connectivity index (χ4n) is 0.698. The van der Waals surface area contributed by atoms with Crippen molar-refractivity contribution < 1.29 is 16.0 Å². The Morgan fingerprint density at radius 3 is 2.27 bits per heavy atom. The summed E-state index contributed by atoms with van der Waals surface area (Å²) in [5.41, 5.74) is 0. The third-order valence-electron chi connectivity index (χ3n) is 1.43. The van der Waals surface area contributed by atoms with Gasteiger partial charge in [0, 0.05) is 0 Å². The minimum Gasteiger partial charge on any atom is -1.00 e. The van der Waals surface area contributed by atoms with Gasteiger partial charge >= 0.3 is 15.7 Å².